The Morgan fingerprint density at radius 2 is 1.70 bits per heavy atom. The lowest BCUT2D eigenvalue weighted by Crippen LogP contribution is -2.30. The maximum absolute atomic E-state index is 5.29. The summed E-state index contributed by atoms with van der Waals surface area (Å²) in [5.41, 5.74) is 4.81. The minimum absolute atomic E-state index is 0.204. The topological polar surface area (TPSA) is 45.6 Å². The van der Waals surface area contributed by atoms with Gasteiger partial charge in [0, 0.05) is 18.2 Å². The van der Waals surface area contributed by atoms with Crippen LogP contribution in [0.15, 0.2) is 83.9 Å². The van der Waals surface area contributed by atoms with E-state index in [4.69, 9.17) is 9.73 Å². The van der Waals surface area contributed by atoms with E-state index in [1.165, 1.54) is 16.7 Å². The predicted molar refractivity (Wildman–Crippen MR) is 110 cm³/mol. The summed E-state index contributed by atoms with van der Waals surface area (Å²) < 4.78 is 5.29. The van der Waals surface area contributed by atoms with Crippen LogP contribution in [0.25, 0.3) is 0 Å². The molecular weight excluding hydrogens is 334 g/mol. The number of para-hydroxylation sites is 1. The zero-order valence-electron chi connectivity index (χ0n) is 15.4. The van der Waals surface area contributed by atoms with E-state index < -0.39 is 0 Å². The first-order valence-electron chi connectivity index (χ1n) is 9.15. The smallest absolute Gasteiger partial charge is 0.196 e. The molecule has 1 unspecified atom stereocenters. The summed E-state index contributed by atoms with van der Waals surface area (Å²) in [7, 11) is 1.69. The molecule has 27 heavy (non-hydrogen) atoms. The molecule has 4 rings (SSSR count). The van der Waals surface area contributed by atoms with E-state index in [0.717, 1.165) is 23.9 Å². The quantitative estimate of drug-likeness (QED) is 0.727. The summed E-state index contributed by atoms with van der Waals surface area (Å²) in [6.45, 7) is 1.43. The van der Waals surface area contributed by atoms with Crippen LogP contribution in [0.1, 0.15) is 22.6 Å². The Morgan fingerprint density at radius 1 is 0.963 bits per heavy atom. The monoisotopic (exact) mass is 357 g/mol. The highest BCUT2D eigenvalue weighted by Gasteiger charge is 2.21. The first kappa shape index (κ1) is 17.2. The van der Waals surface area contributed by atoms with Crippen LogP contribution in [0, 0.1) is 0 Å². The van der Waals surface area contributed by atoms with Gasteiger partial charge in [0.05, 0.1) is 13.7 Å². The van der Waals surface area contributed by atoms with Crippen molar-refractivity contribution in [3.05, 3.63) is 95.6 Å². The predicted octanol–water partition coefficient (Wildman–Crippen LogP) is 4.40. The minimum atomic E-state index is 0.204. The number of benzene rings is 3. The second-order valence-electron chi connectivity index (χ2n) is 6.57. The van der Waals surface area contributed by atoms with Gasteiger partial charge in [0.1, 0.15) is 5.75 Å². The Kier molecular flexibility index (Phi) is 5.06. The number of aliphatic imine (C=N–C) groups is 1. The van der Waals surface area contributed by atoms with Gasteiger partial charge in [-0.2, -0.15) is 0 Å². The molecule has 0 saturated carbocycles. The molecule has 3 aromatic carbocycles. The number of hydrogen-bond donors (Lipinski definition) is 2. The van der Waals surface area contributed by atoms with Gasteiger partial charge in [0.2, 0.25) is 0 Å². The fourth-order valence-electron chi connectivity index (χ4n) is 3.37. The Balaban J connectivity index is 1.59. The number of fused-ring (bicyclic) bond motifs is 1. The summed E-state index contributed by atoms with van der Waals surface area (Å²) in [6.07, 6.45) is 0. The number of hydrogen-bond acceptors (Lipinski definition) is 4. The molecule has 0 aromatic heterocycles. The lowest BCUT2D eigenvalue weighted by molar-refractivity contribution is 0.414. The molecule has 4 heteroatoms. The molecule has 0 radical (unpaired) electrons. The Morgan fingerprint density at radius 3 is 2.48 bits per heavy atom. The summed E-state index contributed by atoms with van der Waals surface area (Å²) in [4.78, 5) is 4.82. The summed E-state index contributed by atoms with van der Waals surface area (Å²) in [5.74, 6) is 1.88. The molecule has 1 aliphatic heterocycles. The Labute approximate surface area is 159 Å². The average Bonchev–Trinajstić information content (AvgIpc) is 2.92. The van der Waals surface area contributed by atoms with Gasteiger partial charge in [-0.15, -0.1) is 0 Å². The number of nitrogens with zero attached hydrogens (tertiary/aromatic N) is 1. The molecular formula is C23H23N3O. The van der Waals surface area contributed by atoms with Gasteiger partial charge in [0.15, 0.2) is 5.96 Å². The standard InChI is InChI=1S/C23H23N3O/c1-27-19-13-11-18(12-14-19)21-16-25-23(24-15-17-7-3-2-4-8-17)26-22-10-6-5-9-20(21)22/h2-14,21H,15-16H2,1H3,(H2,24,25,26). The van der Waals surface area contributed by atoms with Gasteiger partial charge in [-0.05, 0) is 34.9 Å². The number of anilines is 1. The molecule has 0 fully saturated rings. The lowest BCUT2D eigenvalue weighted by Gasteiger charge is -2.17. The van der Waals surface area contributed by atoms with Crippen molar-refractivity contribution in [2.24, 2.45) is 4.99 Å². The molecule has 0 amide bonds. The molecule has 0 bridgehead atoms. The SMILES string of the molecule is COc1ccc(C2CN=C(NCc3ccccc3)Nc3ccccc32)cc1. The van der Waals surface area contributed by atoms with Gasteiger partial charge in [-0.25, -0.2) is 0 Å². The molecule has 1 aliphatic rings. The van der Waals surface area contributed by atoms with Crippen molar-refractivity contribution >= 4 is 11.6 Å². The third kappa shape index (κ3) is 3.95. The summed E-state index contributed by atoms with van der Waals surface area (Å²) >= 11 is 0. The van der Waals surface area contributed by atoms with E-state index in [-0.39, 0.29) is 5.92 Å². The fourth-order valence-corrected chi connectivity index (χ4v) is 3.37. The maximum atomic E-state index is 5.29. The second-order valence-corrected chi connectivity index (χ2v) is 6.57. The van der Waals surface area contributed by atoms with Gasteiger partial charge in [-0.1, -0.05) is 60.7 Å². The number of methoxy groups -OCH3 is 1. The molecule has 3 aromatic rings. The van der Waals surface area contributed by atoms with Crippen molar-refractivity contribution in [3.63, 3.8) is 0 Å². The van der Waals surface area contributed by atoms with Gasteiger partial charge in [0.25, 0.3) is 0 Å². The third-order valence-electron chi connectivity index (χ3n) is 4.84. The zero-order chi connectivity index (χ0) is 18.5. The fraction of sp³-hybridized carbons (Fsp3) is 0.174. The highest BCUT2D eigenvalue weighted by atomic mass is 16.5. The molecule has 0 spiro atoms. The van der Waals surface area contributed by atoms with Crippen molar-refractivity contribution in [2.75, 3.05) is 19.0 Å². The van der Waals surface area contributed by atoms with E-state index in [1.807, 2.05) is 30.3 Å². The van der Waals surface area contributed by atoms with E-state index in [1.54, 1.807) is 7.11 Å². The average molecular weight is 357 g/mol. The van der Waals surface area contributed by atoms with E-state index in [0.29, 0.717) is 6.54 Å². The van der Waals surface area contributed by atoms with Crippen LogP contribution >= 0.6 is 0 Å². The van der Waals surface area contributed by atoms with Crippen molar-refractivity contribution < 1.29 is 4.74 Å². The molecule has 0 saturated heterocycles. The van der Waals surface area contributed by atoms with E-state index in [2.05, 4.69) is 59.2 Å². The highest BCUT2D eigenvalue weighted by molar-refractivity contribution is 5.95. The Bertz CT molecular complexity index is 920. The maximum Gasteiger partial charge on any atom is 0.196 e. The largest absolute Gasteiger partial charge is 0.497 e. The lowest BCUT2D eigenvalue weighted by atomic mass is 9.90. The van der Waals surface area contributed by atoms with Crippen molar-refractivity contribution in [1.82, 2.24) is 5.32 Å². The molecule has 4 nitrogen and oxygen atoms in total. The first-order valence-corrected chi connectivity index (χ1v) is 9.15. The van der Waals surface area contributed by atoms with E-state index in [9.17, 15) is 0 Å². The van der Waals surface area contributed by atoms with Crippen LogP contribution in [0.3, 0.4) is 0 Å². The minimum Gasteiger partial charge on any atom is -0.497 e. The van der Waals surface area contributed by atoms with Crippen LogP contribution in [0.4, 0.5) is 5.69 Å². The normalized spacial score (nSPS) is 15.7. The number of guanidine groups is 1. The van der Waals surface area contributed by atoms with Gasteiger partial charge in [-0.3, -0.25) is 4.99 Å². The van der Waals surface area contributed by atoms with Crippen LogP contribution in [0.2, 0.25) is 0 Å². The van der Waals surface area contributed by atoms with Crippen LogP contribution in [0.5, 0.6) is 5.75 Å². The van der Waals surface area contributed by atoms with Crippen molar-refractivity contribution in [2.45, 2.75) is 12.5 Å². The highest BCUT2D eigenvalue weighted by Crippen LogP contribution is 2.33. The first-order chi connectivity index (χ1) is 13.3. The zero-order valence-corrected chi connectivity index (χ0v) is 15.4. The third-order valence-corrected chi connectivity index (χ3v) is 4.84. The van der Waals surface area contributed by atoms with Crippen LogP contribution in [-0.4, -0.2) is 19.6 Å². The number of ether oxygens (including phenoxy) is 1. The number of rotatable bonds is 4. The summed E-state index contributed by atoms with van der Waals surface area (Å²) in [5, 5.41) is 6.89. The molecule has 1 heterocycles. The summed E-state index contributed by atoms with van der Waals surface area (Å²) in [6, 6.07) is 27.0. The van der Waals surface area contributed by atoms with E-state index >= 15 is 0 Å². The molecule has 1 atom stereocenters. The van der Waals surface area contributed by atoms with Crippen molar-refractivity contribution in [3.8, 4) is 5.75 Å². The number of nitrogens with one attached hydrogen (secondary N) is 2. The Hall–Kier alpha value is -3.27. The van der Waals surface area contributed by atoms with Crippen molar-refractivity contribution in [1.29, 1.82) is 0 Å². The van der Waals surface area contributed by atoms with Gasteiger partial charge < -0.3 is 15.4 Å². The van der Waals surface area contributed by atoms with Gasteiger partial charge >= 0.3 is 0 Å². The second kappa shape index (κ2) is 7.96. The molecule has 0 aliphatic carbocycles. The molecule has 136 valence electrons. The van der Waals surface area contributed by atoms with Crippen LogP contribution < -0.4 is 15.4 Å². The van der Waals surface area contributed by atoms with Crippen LogP contribution in [-0.2, 0) is 6.54 Å². The molecule has 2 N–H and O–H groups in total.